The molecule has 2 N–H and O–H groups in total. The number of amides is 4. The first-order valence-electron chi connectivity index (χ1n) is 11.5. The molecule has 2 aromatic carbocycles. The predicted octanol–water partition coefficient (Wildman–Crippen LogP) is -3.10. The number of halogens is 3. The molecule has 1 atom stereocenters. The molecule has 2 aromatic rings. The van der Waals surface area contributed by atoms with Crippen molar-refractivity contribution in [2.24, 2.45) is 0 Å². The van der Waals surface area contributed by atoms with E-state index in [-0.39, 0.29) is 36.2 Å². The molecule has 182 valence electrons. The highest BCUT2D eigenvalue weighted by Crippen LogP contribution is 2.36. The average Bonchev–Trinajstić information content (AvgIpc) is 3.01. The van der Waals surface area contributed by atoms with Crippen molar-refractivity contribution >= 4 is 77.5 Å². The maximum atomic E-state index is 14.7. The van der Waals surface area contributed by atoms with Gasteiger partial charge in [-0.2, -0.15) is 8.78 Å². The molecule has 2 aliphatic rings. The SMILES string of the molecule is Bc1cc(CNC(=O)C(F)(F)c2ccc(Cl)cc2)c(B)c2c1C(=O)N(C1CCC(=O)NC1=O)C2(B)B. The molecule has 0 aliphatic carbocycles. The molecule has 7 nitrogen and oxygen atoms in total. The summed E-state index contributed by atoms with van der Waals surface area (Å²) in [6, 6.07) is 5.67. The first kappa shape index (κ1) is 26.0. The van der Waals surface area contributed by atoms with Crippen LogP contribution < -0.4 is 21.6 Å². The summed E-state index contributed by atoms with van der Waals surface area (Å²) in [5, 5.41) is 3.99. The largest absolute Gasteiger partial charge is 0.349 e. The zero-order valence-corrected chi connectivity index (χ0v) is 21.1. The Balaban J connectivity index is 1.62. The second kappa shape index (κ2) is 9.10. The zero-order chi connectivity index (χ0) is 26.6. The molecular weight excluding hydrogens is 487 g/mol. The van der Waals surface area contributed by atoms with E-state index in [1.807, 2.05) is 15.7 Å². The van der Waals surface area contributed by atoms with Crippen molar-refractivity contribution in [1.82, 2.24) is 15.5 Å². The summed E-state index contributed by atoms with van der Waals surface area (Å²) < 4.78 is 29.4. The van der Waals surface area contributed by atoms with Crippen LogP contribution in [0.15, 0.2) is 30.3 Å². The number of hydrogen-bond acceptors (Lipinski definition) is 4. The maximum Gasteiger partial charge on any atom is 0.349 e. The van der Waals surface area contributed by atoms with Crippen molar-refractivity contribution in [2.75, 3.05) is 0 Å². The maximum absolute atomic E-state index is 14.7. The molecule has 14 heteroatoms. The predicted molar refractivity (Wildman–Crippen MR) is 141 cm³/mol. The highest BCUT2D eigenvalue weighted by molar-refractivity contribution is 6.49. The van der Waals surface area contributed by atoms with Crippen LogP contribution in [0.4, 0.5) is 8.78 Å². The van der Waals surface area contributed by atoms with Gasteiger partial charge in [0, 0.05) is 34.5 Å². The smallest absolute Gasteiger partial charge is 0.346 e. The minimum absolute atomic E-state index is 0.129. The van der Waals surface area contributed by atoms with Gasteiger partial charge in [0.05, 0.1) is 0 Å². The van der Waals surface area contributed by atoms with E-state index in [4.69, 9.17) is 11.6 Å². The first-order valence-corrected chi connectivity index (χ1v) is 11.9. The van der Waals surface area contributed by atoms with Gasteiger partial charge in [-0.1, -0.05) is 40.7 Å². The van der Waals surface area contributed by atoms with Crippen molar-refractivity contribution in [3.63, 3.8) is 0 Å². The van der Waals surface area contributed by atoms with Crippen LogP contribution in [0.25, 0.3) is 0 Å². The van der Waals surface area contributed by atoms with Gasteiger partial charge in [0.1, 0.15) is 37.4 Å². The van der Waals surface area contributed by atoms with Crippen molar-refractivity contribution in [3.05, 3.63) is 57.6 Å². The number of piperidine rings is 1. The third-order valence-corrected chi connectivity index (χ3v) is 7.24. The van der Waals surface area contributed by atoms with E-state index in [0.29, 0.717) is 27.6 Å². The molecule has 1 fully saturated rings. The lowest BCUT2D eigenvalue weighted by Crippen LogP contribution is -2.59. The molecule has 2 heterocycles. The van der Waals surface area contributed by atoms with Crippen LogP contribution in [0, 0.1) is 0 Å². The average molecular weight is 509 g/mol. The van der Waals surface area contributed by atoms with Crippen molar-refractivity contribution in [2.45, 2.75) is 36.7 Å². The van der Waals surface area contributed by atoms with E-state index >= 15 is 0 Å². The quantitative estimate of drug-likeness (QED) is 0.330. The van der Waals surface area contributed by atoms with E-state index in [9.17, 15) is 28.0 Å². The Labute approximate surface area is 215 Å². The number of rotatable bonds is 5. The van der Waals surface area contributed by atoms with E-state index < -0.39 is 34.7 Å². The molecule has 0 spiro atoms. The number of imide groups is 1. The van der Waals surface area contributed by atoms with Gasteiger partial charge in [-0.05, 0) is 29.7 Å². The number of carbonyl (C=O) groups excluding carboxylic acids is 4. The number of hydrogen-bond donors (Lipinski definition) is 2. The van der Waals surface area contributed by atoms with Crippen molar-refractivity contribution in [1.29, 1.82) is 0 Å². The molecule has 4 amide bonds. The van der Waals surface area contributed by atoms with Gasteiger partial charge in [-0.3, -0.25) is 24.5 Å². The summed E-state index contributed by atoms with van der Waals surface area (Å²) in [5.74, 6) is -6.44. The third-order valence-electron chi connectivity index (χ3n) is 6.99. The summed E-state index contributed by atoms with van der Waals surface area (Å²) in [6.07, 6.45) is 0.346. The van der Waals surface area contributed by atoms with Crippen LogP contribution in [-0.2, 0) is 32.2 Å². The number of nitrogens with zero attached hydrogens (tertiary/aromatic N) is 1. The Morgan fingerprint density at radius 2 is 1.83 bits per heavy atom. The summed E-state index contributed by atoms with van der Waals surface area (Å²) in [6.45, 7) is -0.176. The van der Waals surface area contributed by atoms with Gasteiger partial charge in [-0.25, -0.2) is 0 Å². The Hall–Kier alpha value is -3.07. The molecule has 4 rings (SSSR count). The summed E-state index contributed by atoms with van der Waals surface area (Å²) in [5.41, 5.74) is 2.50. The molecule has 1 unspecified atom stereocenters. The van der Waals surface area contributed by atoms with Crippen molar-refractivity contribution in [3.8, 4) is 0 Å². The molecule has 36 heavy (non-hydrogen) atoms. The molecule has 0 bridgehead atoms. The molecule has 0 radical (unpaired) electrons. The minimum atomic E-state index is -3.76. The van der Waals surface area contributed by atoms with Gasteiger partial charge in [0.25, 0.3) is 11.8 Å². The van der Waals surface area contributed by atoms with E-state index in [0.717, 1.165) is 12.1 Å². The van der Waals surface area contributed by atoms with Crippen LogP contribution in [-0.4, -0.2) is 66.0 Å². The fourth-order valence-corrected chi connectivity index (χ4v) is 5.37. The third kappa shape index (κ3) is 4.23. The first-order chi connectivity index (χ1) is 16.8. The van der Waals surface area contributed by atoms with Crippen LogP contribution in [0.2, 0.25) is 5.02 Å². The Kier molecular flexibility index (Phi) is 6.58. The van der Waals surface area contributed by atoms with Gasteiger partial charge >= 0.3 is 5.92 Å². The van der Waals surface area contributed by atoms with Crippen LogP contribution in [0.3, 0.4) is 0 Å². The molecule has 1 saturated heterocycles. The van der Waals surface area contributed by atoms with Gasteiger partial charge in [0.2, 0.25) is 11.8 Å². The standard InChI is InChI=1S/C22H22B4ClF2N3O4/c23-12-7-9(8-30-20(36)21(28,29)10-1-3-11(27)4-2-10)17(24)16-15(12)19(35)32(22(16,25)26)13-5-6-14(33)31-18(13)34/h1-4,7,13H,5-6,8,23-26H2,(H,30,36)(H,31,33,34). The summed E-state index contributed by atoms with van der Waals surface area (Å²) in [7, 11) is 7.11. The molecule has 0 aromatic heterocycles. The molecule has 0 saturated carbocycles. The normalized spacial score (nSPS) is 19.1. The van der Waals surface area contributed by atoms with E-state index in [1.165, 1.54) is 17.0 Å². The Morgan fingerprint density at radius 1 is 1.19 bits per heavy atom. The number of benzene rings is 2. The summed E-state index contributed by atoms with van der Waals surface area (Å²) >= 11 is 5.76. The Bertz CT molecular complexity index is 1310. The number of alkyl halides is 2. The number of fused-ring (bicyclic) bond motifs is 1. The lowest BCUT2D eigenvalue weighted by atomic mass is 9.54. The highest BCUT2D eigenvalue weighted by Gasteiger charge is 2.50. The summed E-state index contributed by atoms with van der Waals surface area (Å²) in [4.78, 5) is 51.6. The zero-order valence-electron chi connectivity index (χ0n) is 20.3. The number of nitrogens with one attached hydrogen (secondary N) is 2. The number of carbonyl (C=O) groups is 4. The minimum Gasteiger partial charge on any atom is -0.346 e. The second-order valence-electron chi connectivity index (χ2n) is 9.69. The highest BCUT2D eigenvalue weighted by atomic mass is 35.5. The second-order valence-corrected chi connectivity index (χ2v) is 10.1. The Morgan fingerprint density at radius 3 is 2.44 bits per heavy atom. The van der Waals surface area contributed by atoms with Gasteiger partial charge in [0.15, 0.2) is 0 Å². The molecule has 2 aliphatic heterocycles. The monoisotopic (exact) mass is 509 g/mol. The van der Waals surface area contributed by atoms with E-state index in [1.54, 1.807) is 21.8 Å². The van der Waals surface area contributed by atoms with Crippen molar-refractivity contribution < 1.29 is 28.0 Å². The molecular formula is C22H22B4ClF2N3O4. The fraction of sp³-hybridized carbons (Fsp3) is 0.273. The van der Waals surface area contributed by atoms with E-state index in [2.05, 4.69) is 10.6 Å². The van der Waals surface area contributed by atoms with Crippen LogP contribution >= 0.6 is 11.6 Å². The van der Waals surface area contributed by atoms with Crippen LogP contribution in [0.5, 0.6) is 0 Å². The fourth-order valence-electron chi connectivity index (χ4n) is 5.24. The topological polar surface area (TPSA) is 95.6 Å². The lowest BCUT2D eigenvalue weighted by molar-refractivity contribution is -0.147. The van der Waals surface area contributed by atoms with Gasteiger partial charge < -0.3 is 10.2 Å². The lowest BCUT2D eigenvalue weighted by Gasteiger charge is -2.40. The van der Waals surface area contributed by atoms with Gasteiger partial charge in [-0.15, -0.1) is 0 Å². The van der Waals surface area contributed by atoms with Crippen LogP contribution in [0.1, 0.15) is 39.9 Å².